The van der Waals surface area contributed by atoms with Crippen LogP contribution in [0.4, 0.5) is 4.39 Å². The van der Waals surface area contributed by atoms with Gasteiger partial charge in [0.25, 0.3) is 0 Å². The van der Waals surface area contributed by atoms with Crippen molar-refractivity contribution in [3.8, 4) is 21.3 Å². The third kappa shape index (κ3) is 2.61. The molecule has 0 atom stereocenters. The molecule has 0 spiro atoms. The van der Waals surface area contributed by atoms with Gasteiger partial charge in [-0.1, -0.05) is 0 Å². The van der Waals surface area contributed by atoms with Gasteiger partial charge in [0.2, 0.25) is 0 Å². The summed E-state index contributed by atoms with van der Waals surface area (Å²) in [5.41, 5.74) is 0. The predicted octanol–water partition coefficient (Wildman–Crippen LogP) is 7.00. The number of carbonyl (C=O) groups excluding carboxylic acids is 1. The summed E-state index contributed by atoms with van der Waals surface area (Å²) in [7, 11) is 4.57. The number of hydrogen-bond donors (Lipinski definition) is 0. The van der Waals surface area contributed by atoms with Crippen LogP contribution in [0.2, 0.25) is 0 Å². The second-order valence-electron chi connectivity index (χ2n) is 6.12. The summed E-state index contributed by atoms with van der Waals surface area (Å²) in [5.74, 6) is 0.411. The average Bonchev–Trinajstić information content (AvgIpc) is 3.49. The third-order valence-electron chi connectivity index (χ3n) is 4.69. The molecule has 0 aliphatic carbocycles. The Morgan fingerprint density at radius 1 is 1.00 bits per heavy atom. The number of carbonyl (C=O) groups is 1. The fraction of sp³-hybridized carbons (Fsp3) is 0.150. The molecule has 0 bridgehead atoms. The quantitative estimate of drug-likeness (QED) is 0.269. The first-order valence-corrected chi connectivity index (χ1v) is 11.8. The monoisotopic (exact) mass is 464 g/mol. The molecule has 148 valence electrons. The van der Waals surface area contributed by atoms with Crippen LogP contribution >= 0.6 is 45.3 Å². The maximum Gasteiger partial charge on any atom is 0.351 e. The first-order chi connectivity index (χ1) is 14.1. The Hall–Kier alpha value is -2.20. The Kier molecular flexibility index (Phi) is 4.50. The van der Waals surface area contributed by atoms with Crippen molar-refractivity contribution in [2.24, 2.45) is 0 Å². The van der Waals surface area contributed by atoms with E-state index in [1.54, 1.807) is 25.6 Å². The fourth-order valence-corrected chi connectivity index (χ4v) is 7.90. The molecule has 0 fully saturated rings. The lowest BCUT2D eigenvalue weighted by Crippen LogP contribution is -2.00. The SMILES string of the molecule is COC(=O)c1sc2csc(-c3cc4c(OC)c5sccc5c(OC)c4s3)c2c1F. The van der Waals surface area contributed by atoms with E-state index < -0.39 is 11.8 Å². The summed E-state index contributed by atoms with van der Waals surface area (Å²) in [4.78, 5) is 13.6. The predicted molar refractivity (Wildman–Crippen MR) is 120 cm³/mol. The van der Waals surface area contributed by atoms with Crippen molar-refractivity contribution in [2.45, 2.75) is 0 Å². The topological polar surface area (TPSA) is 44.8 Å². The molecule has 4 aromatic heterocycles. The summed E-state index contributed by atoms with van der Waals surface area (Å²) in [6.45, 7) is 0. The second kappa shape index (κ2) is 6.94. The van der Waals surface area contributed by atoms with Gasteiger partial charge in [0.05, 0.1) is 35.6 Å². The molecule has 5 rings (SSSR count). The highest BCUT2D eigenvalue weighted by Gasteiger charge is 2.25. The van der Waals surface area contributed by atoms with Crippen LogP contribution in [0.25, 0.3) is 40.0 Å². The van der Waals surface area contributed by atoms with E-state index in [4.69, 9.17) is 14.2 Å². The van der Waals surface area contributed by atoms with E-state index in [2.05, 4.69) is 0 Å². The second-order valence-corrected chi connectivity index (χ2v) is 10.0. The number of halogens is 1. The number of methoxy groups -OCH3 is 3. The van der Waals surface area contributed by atoms with Gasteiger partial charge in [-0.15, -0.1) is 45.3 Å². The standard InChI is InChI=1S/C20H13FO4S4/c1-23-14-8-4-5-26-16(8)15(24-2)9-6-10(28-17(9)14)18-12-11(7-27-18)29-19(13(12)21)20(22)25-3/h4-7H,1-3H3. The van der Waals surface area contributed by atoms with Gasteiger partial charge in [-0.25, -0.2) is 9.18 Å². The van der Waals surface area contributed by atoms with Crippen LogP contribution in [-0.2, 0) is 4.74 Å². The number of esters is 1. The lowest BCUT2D eigenvalue weighted by Gasteiger charge is -2.08. The van der Waals surface area contributed by atoms with E-state index in [9.17, 15) is 4.79 Å². The molecule has 0 saturated carbocycles. The van der Waals surface area contributed by atoms with Crippen LogP contribution < -0.4 is 9.47 Å². The summed E-state index contributed by atoms with van der Waals surface area (Å²) in [5, 5.41) is 6.29. The summed E-state index contributed by atoms with van der Waals surface area (Å²) >= 11 is 5.71. The van der Waals surface area contributed by atoms with Crippen molar-refractivity contribution in [3.63, 3.8) is 0 Å². The zero-order valence-corrected chi connectivity index (χ0v) is 18.7. The van der Waals surface area contributed by atoms with Gasteiger partial charge in [-0.2, -0.15) is 0 Å². The van der Waals surface area contributed by atoms with Gasteiger partial charge in [0, 0.05) is 31.1 Å². The summed E-state index contributed by atoms with van der Waals surface area (Å²) in [6.07, 6.45) is 0. The molecule has 0 amide bonds. The van der Waals surface area contributed by atoms with E-state index in [1.165, 1.54) is 29.8 Å². The highest BCUT2D eigenvalue weighted by atomic mass is 32.1. The molecule has 0 radical (unpaired) electrons. The highest BCUT2D eigenvalue weighted by molar-refractivity contribution is 7.29. The molecular formula is C20H13FO4S4. The minimum Gasteiger partial charge on any atom is -0.495 e. The van der Waals surface area contributed by atoms with Crippen LogP contribution in [0.1, 0.15) is 9.67 Å². The van der Waals surface area contributed by atoms with Gasteiger partial charge in [-0.3, -0.25) is 0 Å². The average molecular weight is 465 g/mol. The molecule has 5 aromatic rings. The lowest BCUT2D eigenvalue weighted by molar-refractivity contribution is 0.0602. The van der Waals surface area contributed by atoms with Crippen LogP contribution in [0.5, 0.6) is 11.5 Å². The number of benzene rings is 1. The Balaban J connectivity index is 1.80. The van der Waals surface area contributed by atoms with E-state index >= 15 is 4.39 Å². The van der Waals surface area contributed by atoms with Crippen LogP contribution in [0.15, 0.2) is 22.9 Å². The number of thiophene rings is 4. The van der Waals surface area contributed by atoms with Crippen molar-refractivity contribution in [1.82, 2.24) is 0 Å². The minimum absolute atomic E-state index is 0.00309. The minimum atomic E-state index is -0.653. The van der Waals surface area contributed by atoms with E-state index in [1.807, 2.05) is 22.9 Å². The zero-order chi connectivity index (χ0) is 20.3. The van der Waals surface area contributed by atoms with Gasteiger partial charge >= 0.3 is 5.97 Å². The summed E-state index contributed by atoms with van der Waals surface area (Å²) < 4.78 is 33.9. The molecular weight excluding hydrogens is 451 g/mol. The maximum atomic E-state index is 15.0. The van der Waals surface area contributed by atoms with Crippen molar-refractivity contribution in [3.05, 3.63) is 33.6 Å². The van der Waals surface area contributed by atoms with Gasteiger partial charge in [0.15, 0.2) is 5.82 Å². The molecule has 4 heterocycles. The van der Waals surface area contributed by atoms with Crippen molar-refractivity contribution in [1.29, 1.82) is 0 Å². The number of rotatable bonds is 4. The maximum absolute atomic E-state index is 15.0. The molecule has 0 unspecified atom stereocenters. The lowest BCUT2D eigenvalue weighted by atomic mass is 10.1. The first kappa shape index (κ1) is 18.8. The molecule has 29 heavy (non-hydrogen) atoms. The van der Waals surface area contributed by atoms with Crippen LogP contribution in [-0.4, -0.2) is 27.3 Å². The molecule has 0 saturated heterocycles. The zero-order valence-electron chi connectivity index (χ0n) is 15.5. The molecule has 0 N–H and O–H groups in total. The summed E-state index contributed by atoms with van der Waals surface area (Å²) in [6, 6.07) is 4.03. The fourth-order valence-electron chi connectivity index (χ4n) is 3.45. The highest BCUT2D eigenvalue weighted by Crippen LogP contribution is 2.52. The van der Waals surface area contributed by atoms with E-state index in [0.717, 1.165) is 57.5 Å². The molecule has 9 heteroatoms. The molecule has 4 nitrogen and oxygen atoms in total. The van der Waals surface area contributed by atoms with Gasteiger partial charge in [0.1, 0.15) is 16.4 Å². The van der Waals surface area contributed by atoms with E-state index in [0.29, 0.717) is 5.39 Å². The Morgan fingerprint density at radius 2 is 1.76 bits per heavy atom. The molecule has 0 aliphatic heterocycles. The first-order valence-electron chi connectivity index (χ1n) is 8.41. The number of ether oxygens (including phenoxy) is 3. The van der Waals surface area contributed by atoms with Crippen LogP contribution in [0.3, 0.4) is 0 Å². The van der Waals surface area contributed by atoms with Crippen molar-refractivity contribution in [2.75, 3.05) is 21.3 Å². The normalized spacial score (nSPS) is 11.6. The van der Waals surface area contributed by atoms with Gasteiger partial charge < -0.3 is 14.2 Å². The molecule has 1 aromatic carbocycles. The molecule has 0 aliphatic rings. The van der Waals surface area contributed by atoms with Crippen molar-refractivity contribution < 1.29 is 23.4 Å². The Labute approximate surface area is 180 Å². The smallest absolute Gasteiger partial charge is 0.351 e. The number of hydrogen-bond acceptors (Lipinski definition) is 8. The Morgan fingerprint density at radius 3 is 2.48 bits per heavy atom. The van der Waals surface area contributed by atoms with E-state index in [-0.39, 0.29) is 4.88 Å². The van der Waals surface area contributed by atoms with Crippen LogP contribution in [0, 0.1) is 5.82 Å². The number of fused-ring (bicyclic) bond motifs is 3. The van der Waals surface area contributed by atoms with Crippen molar-refractivity contribution >= 4 is 81.6 Å². The largest absolute Gasteiger partial charge is 0.495 e. The third-order valence-corrected chi connectivity index (χ3v) is 9.14. The Bertz CT molecular complexity index is 1350. The van der Waals surface area contributed by atoms with Gasteiger partial charge in [-0.05, 0) is 17.5 Å².